The molecule has 2 aromatic heterocycles. The first-order valence-corrected chi connectivity index (χ1v) is 13.7. The van der Waals surface area contributed by atoms with Crippen molar-refractivity contribution < 1.29 is 14.3 Å². The van der Waals surface area contributed by atoms with Crippen LogP contribution in [0.2, 0.25) is 0 Å². The Morgan fingerprint density at radius 3 is 2.65 bits per heavy atom. The van der Waals surface area contributed by atoms with Gasteiger partial charge in [-0.1, -0.05) is 6.58 Å². The molecular formula is C29H37N5O3. The summed E-state index contributed by atoms with van der Waals surface area (Å²) in [6.07, 6.45) is 7.41. The SMILES string of the molecule is C=CC(=O)N1CC(N2CCC(c3cc4c(c(C)n3)O[C@H](C)c3c(C5CCOCC5)ccnc3N4)CC2)C1. The van der Waals surface area contributed by atoms with Crippen molar-refractivity contribution in [2.45, 2.75) is 63.5 Å². The van der Waals surface area contributed by atoms with Crippen LogP contribution < -0.4 is 10.1 Å². The van der Waals surface area contributed by atoms with Gasteiger partial charge in [0.15, 0.2) is 5.75 Å². The molecule has 6 heterocycles. The maximum absolute atomic E-state index is 11.8. The highest BCUT2D eigenvalue weighted by atomic mass is 16.5. The van der Waals surface area contributed by atoms with E-state index < -0.39 is 0 Å². The monoisotopic (exact) mass is 503 g/mol. The minimum Gasteiger partial charge on any atom is -0.482 e. The van der Waals surface area contributed by atoms with Crippen molar-refractivity contribution in [2.24, 2.45) is 0 Å². The van der Waals surface area contributed by atoms with E-state index in [1.165, 1.54) is 11.6 Å². The lowest BCUT2D eigenvalue weighted by molar-refractivity contribution is -0.133. The van der Waals surface area contributed by atoms with Crippen LogP contribution in [0.15, 0.2) is 31.0 Å². The molecule has 3 fully saturated rings. The molecule has 2 aromatic rings. The first kappa shape index (κ1) is 24.4. The molecule has 1 amide bonds. The molecule has 6 rings (SSSR count). The minimum atomic E-state index is -0.111. The van der Waals surface area contributed by atoms with Crippen molar-refractivity contribution in [3.8, 4) is 5.75 Å². The first-order valence-electron chi connectivity index (χ1n) is 13.7. The van der Waals surface area contributed by atoms with E-state index in [2.05, 4.69) is 35.9 Å². The van der Waals surface area contributed by atoms with Gasteiger partial charge in [0, 0.05) is 55.7 Å². The van der Waals surface area contributed by atoms with E-state index in [1.807, 2.05) is 18.0 Å². The van der Waals surface area contributed by atoms with Crippen LogP contribution in [0.4, 0.5) is 11.5 Å². The number of likely N-dealkylation sites (tertiary alicyclic amines) is 2. The van der Waals surface area contributed by atoms with Gasteiger partial charge in [0.2, 0.25) is 5.91 Å². The number of aryl methyl sites for hydroxylation is 1. The van der Waals surface area contributed by atoms with E-state index in [1.54, 1.807) is 0 Å². The minimum absolute atomic E-state index is 0.0377. The Balaban J connectivity index is 1.19. The average molecular weight is 504 g/mol. The van der Waals surface area contributed by atoms with Crippen molar-refractivity contribution in [1.29, 1.82) is 0 Å². The number of rotatable bonds is 4. The molecule has 8 heteroatoms. The van der Waals surface area contributed by atoms with Crippen molar-refractivity contribution in [3.63, 3.8) is 0 Å². The van der Waals surface area contributed by atoms with Crippen LogP contribution in [0.5, 0.6) is 5.75 Å². The summed E-state index contributed by atoms with van der Waals surface area (Å²) < 4.78 is 12.2. The Hall–Kier alpha value is -2.97. The van der Waals surface area contributed by atoms with E-state index >= 15 is 0 Å². The van der Waals surface area contributed by atoms with E-state index in [-0.39, 0.29) is 12.0 Å². The third kappa shape index (κ3) is 4.61. The molecule has 1 atom stereocenters. The summed E-state index contributed by atoms with van der Waals surface area (Å²) in [5, 5.41) is 3.64. The molecule has 196 valence electrons. The molecule has 8 nitrogen and oxygen atoms in total. The van der Waals surface area contributed by atoms with Gasteiger partial charge in [0.1, 0.15) is 11.9 Å². The zero-order valence-electron chi connectivity index (χ0n) is 21.9. The Morgan fingerprint density at radius 1 is 1.16 bits per heavy atom. The van der Waals surface area contributed by atoms with E-state index in [9.17, 15) is 4.79 Å². The number of aromatic nitrogens is 2. The molecule has 0 spiro atoms. The third-order valence-corrected chi connectivity index (χ3v) is 8.61. The second-order valence-corrected chi connectivity index (χ2v) is 10.9. The van der Waals surface area contributed by atoms with Crippen molar-refractivity contribution >= 4 is 17.4 Å². The second-order valence-electron chi connectivity index (χ2n) is 10.9. The van der Waals surface area contributed by atoms with Gasteiger partial charge < -0.3 is 19.7 Å². The lowest BCUT2D eigenvalue weighted by Crippen LogP contribution is -2.61. The van der Waals surface area contributed by atoms with Crippen molar-refractivity contribution in [1.82, 2.24) is 19.8 Å². The summed E-state index contributed by atoms with van der Waals surface area (Å²) in [5.74, 6) is 2.64. The number of anilines is 2. The summed E-state index contributed by atoms with van der Waals surface area (Å²) in [6, 6.07) is 4.81. The highest BCUT2D eigenvalue weighted by Crippen LogP contribution is 2.44. The van der Waals surface area contributed by atoms with Crippen LogP contribution in [0.25, 0.3) is 0 Å². The van der Waals surface area contributed by atoms with Crippen LogP contribution >= 0.6 is 0 Å². The molecule has 0 aliphatic carbocycles. The van der Waals surface area contributed by atoms with Crippen LogP contribution in [0, 0.1) is 6.92 Å². The largest absolute Gasteiger partial charge is 0.482 e. The Labute approximate surface area is 219 Å². The van der Waals surface area contributed by atoms with Gasteiger partial charge in [-0.3, -0.25) is 14.7 Å². The number of piperidine rings is 1. The predicted octanol–water partition coefficient (Wildman–Crippen LogP) is 4.45. The van der Waals surface area contributed by atoms with Crippen LogP contribution in [0.3, 0.4) is 0 Å². The number of hydrogen-bond acceptors (Lipinski definition) is 7. The summed E-state index contributed by atoms with van der Waals surface area (Å²) in [4.78, 5) is 26.0. The Morgan fingerprint density at radius 2 is 1.92 bits per heavy atom. The number of fused-ring (bicyclic) bond motifs is 2. The van der Waals surface area contributed by atoms with Crippen LogP contribution in [0.1, 0.15) is 73.1 Å². The first-order chi connectivity index (χ1) is 18.0. The Bertz CT molecular complexity index is 1180. The smallest absolute Gasteiger partial charge is 0.246 e. The van der Waals surface area contributed by atoms with Gasteiger partial charge in [-0.2, -0.15) is 0 Å². The van der Waals surface area contributed by atoms with Gasteiger partial charge in [-0.05, 0) is 82.3 Å². The van der Waals surface area contributed by atoms with Crippen LogP contribution in [-0.4, -0.2) is 71.1 Å². The quantitative estimate of drug-likeness (QED) is 0.618. The molecule has 0 aromatic carbocycles. The summed E-state index contributed by atoms with van der Waals surface area (Å²) >= 11 is 0. The van der Waals surface area contributed by atoms with Gasteiger partial charge in [0.05, 0.1) is 11.4 Å². The number of nitrogens with zero attached hydrogens (tertiary/aromatic N) is 4. The second kappa shape index (κ2) is 10.1. The number of amides is 1. The van der Waals surface area contributed by atoms with E-state index in [4.69, 9.17) is 19.4 Å². The molecule has 4 aliphatic rings. The van der Waals surface area contributed by atoms with Crippen molar-refractivity contribution in [3.05, 3.63) is 53.5 Å². The van der Waals surface area contributed by atoms with Gasteiger partial charge in [0.25, 0.3) is 0 Å². The van der Waals surface area contributed by atoms with E-state index in [0.717, 1.165) is 99.3 Å². The maximum Gasteiger partial charge on any atom is 0.246 e. The molecule has 0 saturated carbocycles. The third-order valence-electron chi connectivity index (χ3n) is 8.61. The zero-order chi connectivity index (χ0) is 25.5. The molecular weight excluding hydrogens is 466 g/mol. The molecule has 0 radical (unpaired) electrons. The molecule has 4 aliphatic heterocycles. The molecule has 0 unspecified atom stereocenters. The predicted molar refractivity (Wildman–Crippen MR) is 142 cm³/mol. The number of ether oxygens (including phenoxy) is 2. The number of carbonyl (C=O) groups is 1. The molecule has 1 N–H and O–H groups in total. The molecule has 3 saturated heterocycles. The fourth-order valence-corrected chi connectivity index (χ4v) is 6.43. The van der Waals surface area contributed by atoms with Gasteiger partial charge in [-0.15, -0.1) is 0 Å². The lowest BCUT2D eigenvalue weighted by Gasteiger charge is -2.47. The van der Waals surface area contributed by atoms with Gasteiger partial charge >= 0.3 is 0 Å². The fraction of sp³-hybridized carbons (Fsp3) is 0.552. The topological polar surface area (TPSA) is 79.8 Å². The standard InChI is InChI=1S/C29H37N5O3/c1-4-26(35)34-16-22(17-34)33-11-6-21(7-12-33)24-15-25-28(18(2)31-24)37-19(3)27-23(5-10-30-29(27)32-25)20-8-13-36-14-9-20/h4-5,10,15,19-22H,1,6-9,11-14,16-17H2,2-3H3,(H,30,32)/t19-/m1/s1. The number of nitrogens with one attached hydrogen (secondary N) is 1. The van der Waals surface area contributed by atoms with Crippen LogP contribution in [-0.2, 0) is 9.53 Å². The van der Waals surface area contributed by atoms with E-state index in [0.29, 0.717) is 17.9 Å². The Kier molecular flexibility index (Phi) is 6.63. The van der Waals surface area contributed by atoms with Gasteiger partial charge in [-0.25, -0.2) is 4.98 Å². The normalized spacial score (nSPS) is 23.2. The highest BCUT2D eigenvalue weighted by molar-refractivity contribution is 5.87. The van der Waals surface area contributed by atoms with Crippen molar-refractivity contribution in [2.75, 3.05) is 44.7 Å². The molecule has 0 bridgehead atoms. The number of hydrogen-bond donors (Lipinski definition) is 1. The lowest BCUT2D eigenvalue weighted by atomic mass is 9.87. The highest BCUT2D eigenvalue weighted by Gasteiger charge is 2.36. The number of pyridine rings is 2. The zero-order valence-corrected chi connectivity index (χ0v) is 21.9. The average Bonchev–Trinajstić information content (AvgIpc) is 3.04. The summed E-state index contributed by atoms with van der Waals surface area (Å²) in [5.41, 5.74) is 5.49. The summed E-state index contributed by atoms with van der Waals surface area (Å²) in [6.45, 7) is 13.1. The summed E-state index contributed by atoms with van der Waals surface area (Å²) in [7, 11) is 0. The fourth-order valence-electron chi connectivity index (χ4n) is 6.43. The number of carbonyl (C=O) groups excluding carboxylic acids is 1. The maximum atomic E-state index is 11.8. The molecule has 37 heavy (non-hydrogen) atoms.